The number of rotatable bonds is 5. The van der Waals surface area contributed by atoms with Gasteiger partial charge in [-0.15, -0.1) is 0 Å². The molecule has 0 spiro atoms. The zero-order chi connectivity index (χ0) is 20.2. The first kappa shape index (κ1) is 19.4. The highest BCUT2D eigenvalue weighted by molar-refractivity contribution is 5.95. The van der Waals surface area contributed by atoms with Crippen LogP contribution >= 0.6 is 0 Å². The zero-order valence-electron chi connectivity index (χ0n) is 16.4. The molecule has 0 aromatic heterocycles. The molecule has 2 aromatic carbocycles. The molecular weight excluding hydrogens is 371 g/mol. The van der Waals surface area contributed by atoms with Crippen molar-refractivity contribution in [1.82, 2.24) is 9.80 Å². The number of amides is 2. The Morgan fingerprint density at radius 1 is 0.828 bits per heavy atom. The van der Waals surface area contributed by atoms with Crippen LogP contribution in [-0.4, -0.2) is 54.4 Å². The zero-order valence-corrected chi connectivity index (χ0v) is 16.4. The van der Waals surface area contributed by atoms with Crippen molar-refractivity contribution in [3.8, 4) is 5.75 Å². The predicted octanol–water partition coefficient (Wildman–Crippen LogP) is 3.60. The molecule has 1 heterocycles. The van der Waals surface area contributed by atoms with Gasteiger partial charge in [0.05, 0.1) is 6.61 Å². The van der Waals surface area contributed by atoms with Gasteiger partial charge in [-0.2, -0.15) is 0 Å². The van der Waals surface area contributed by atoms with E-state index in [2.05, 4.69) is 0 Å². The van der Waals surface area contributed by atoms with Gasteiger partial charge in [0.15, 0.2) is 0 Å². The van der Waals surface area contributed by atoms with Crippen LogP contribution in [0, 0.1) is 11.7 Å². The summed E-state index contributed by atoms with van der Waals surface area (Å²) in [5.41, 5.74) is 1.09. The van der Waals surface area contributed by atoms with E-state index in [1.807, 2.05) is 12.1 Å². The highest BCUT2D eigenvalue weighted by Gasteiger charge is 2.24. The third-order valence-electron chi connectivity index (χ3n) is 5.45. The molecule has 0 unspecified atom stereocenters. The molecule has 4 rings (SSSR count). The molecule has 0 N–H and O–H groups in total. The summed E-state index contributed by atoms with van der Waals surface area (Å²) in [5.74, 6) is 0.957. The quantitative estimate of drug-likeness (QED) is 0.776. The fourth-order valence-corrected chi connectivity index (χ4v) is 3.47. The summed E-state index contributed by atoms with van der Waals surface area (Å²) in [7, 11) is 0. The van der Waals surface area contributed by atoms with Gasteiger partial charge in [0.25, 0.3) is 11.8 Å². The molecule has 1 saturated carbocycles. The molecule has 0 bridgehead atoms. The predicted molar refractivity (Wildman–Crippen MR) is 107 cm³/mol. The lowest BCUT2D eigenvalue weighted by Crippen LogP contribution is -2.37. The second-order valence-corrected chi connectivity index (χ2v) is 7.72. The van der Waals surface area contributed by atoms with Crippen molar-refractivity contribution in [2.24, 2.45) is 5.92 Å². The van der Waals surface area contributed by atoms with Crippen molar-refractivity contribution in [1.29, 1.82) is 0 Å². The summed E-state index contributed by atoms with van der Waals surface area (Å²) in [5, 5.41) is 0. The van der Waals surface area contributed by atoms with Gasteiger partial charge in [-0.3, -0.25) is 9.59 Å². The van der Waals surface area contributed by atoms with E-state index in [4.69, 9.17) is 4.74 Å². The highest BCUT2D eigenvalue weighted by atomic mass is 19.1. The fraction of sp³-hybridized carbons (Fsp3) is 0.391. The normalized spacial score (nSPS) is 17.0. The molecule has 1 aliphatic carbocycles. The minimum atomic E-state index is -0.363. The van der Waals surface area contributed by atoms with Crippen LogP contribution in [0.15, 0.2) is 48.5 Å². The number of halogens is 1. The summed E-state index contributed by atoms with van der Waals surface area (Å²) in [6.45, 7) is 2.87. The van der Waals surface area contributed by atoms with Gasteiger partial charge in [0.1, 0.15) is 11.6 Å². The van der Waals surface area contributed by atoms with Crippen molar-refractivity contribution in [2.45, 2.75) is 19.3 Å². The molecule has 0 radical (unpaired) electrons. The van der Waals surface area contributed by atoms with E-state index in [1.165, 1.54) is 37.1 Å². The van der Waals surface area contributed by atoms with E-state index >= 15 is 0 Å². The Labute approximate surface area is 170 Å². The molecule has 5 nitrogen and oxygen atoms in total. The van der Waals surface area contributed by atoms with Crippen LogP contribution in [0.25, 0.3) is 0 Å². The average molecular weight is 396 g/mol. The van der Waals surface area contributed by atoms with E-state index in [9.17, 15) is 14.0 Å². The summed E-state index contributed by atoms with van der Waals surface area (Å²) in [4.78, 5) is 29.0. The molecule has 2 amide bonds. The molecule has 152 valence electrons. The van der Waals surface area contributed by atoms with Crippen molar-refractivity contribution < 1.29 is 18.7 Å². The summed E-state index contributed by atoms with van der Waals surface area (Å²) >= 11 is 0. The Balaban J connectivity index is 1.34. The number of hydrogen-bond acceptors (Lipinski definition) is 3. The van der Waals surface area contributed by atoms with Gasteiger partial charge < -0.3 is 14.5 Å². The summed E-state index contributed by atoms with van der Waals surface area (Å²) in [6, 6.07) is 12.9. The lowest BCUT2D eigenvalue weighted by Gasteiger charge is -2.22. The summed E-state index contributed by atoms with van der Waals surface area (Å²) < 4.78 is 18.8. The molecule has 1 aliphatic heterocycles. The SMILES string of the molecule is O=C(c1ccc(F)cc1)N1CCCN(C(=O)c2ccc(OCC3CC3)cc2)CC1. The Hall–Kier alpha value is -2.89. The lowest BCUT2D eigenvalue weighted by atomic mass is 10.2. The van der Waals surface area contributed by atoms with E-state index < -0.39 is 0 Å². The van der Waals surface area contributed by atoms with Crippen molar-refractivity contribution >= 4 is 11.8 Å². The second-order valence-electron chi connectivity index (χ2n) is 7.72. The smallest absolute Gasteiger partial charge is 0.253 e. The van der Waals surface area contributed by atoms with Crippen LogP contribution in [0.1, 0.15) is 40.0 Å². The maximum absolute atomic E-state index is 13.1. The molecule has 6 heteroatoms. The molecule has 2 aromatic rings. The molecule has 2 fully saturated rings. The van der Waals surface area contributed by atoms with Crippen LogP contribution in [0.2, 0.25) is 0 Å². The molecule has 0 atom stereocenters. The number of carbonyl (C=O) groups excluding carboxylic acids is 2. The number of nitrogens with zero attached hydrogens (tertiary/aromatic N) is 2. The van der Waals surface area contributed by atoms with Gasteiger partial charge >= 0.3 is 0 Å². The van der Waals surface area contributed by atoms with Gasteiger partial charge in [0, 0.05) is 37.3 Å². The van der Waals surface area contributed by atoms with E-state index in [0.717, 1.165) is 12.4 Å². The van der Waals surface area contributed by atoms with Crippen LogP contribution in [0.3, 0.4) is 0 Å². The lowest BCUT2D eigenvalue weighted by molar-refractivity contribution is 0.0718. The topological polar surface area (TPSA) is 49.9 Å². The maximum Gasteiger partial charge on any atom is 0.253 e. The van der Waals surface area contributed by atoms with Crippen molar-refractivity contribution in [3.63, 3.8) is 0 Å². The first-order chi connectivity index (χ1) is 14.1. The largest absolute Gasteiger partial charge is 0.493 e. The summed E-state index contributed by atoms with van der Waals surface area (Å²) in [6.07, 6.45) is 3.19. The van der Waals surface area contributed by atoms with Crippen LogP contribution in [0.4, 0.5) is 4.39 Å². The highest BCUT2D eigenvalue weighted by Crippen LogP contribution is 2.29. The van der Waals surface area contributed by atoms with E-state index in [1.54, 1.807) is 21.9 Å². The van der Waals surface area contributed by atoms with Gasteiger partial charge in [-0.1, -0.05) is 0 Å². The first-order valence-corrected chi connectivity index (χ1v) is 10.2. The minimum Gasteiger partial charge on any atom is -0.493 e. The third kappa shape index (κ3) is 4.94. The number of carbonyl (C=O) groups is 2. The average Bonchev–Trinajstić information content (AvgIpc) is 3.59. The van der Waals surface area contributed by atoms with Crippen molar-refractivity contribution in [3.05, 3.63) is 65.5 Å². The first-order valence-electron chi connectivity index (χ1n) is 10.2. The van der Waals surface area contributed by atoms with Gasteiger partial charge in [0.2, 0.25) is 0 Å². The molecule has 2 aliphatic rings. The second kappa shape index (κ2) is 8.64. The molecule has 1 saturated heterocycles. The Morgan fingerprint density at radius 2 is 1.34 bits per heavy atom. The maximum atomic E-state index is 13.1. The van der Waals surface area contributed by atoms with Crippen LogP contribution in [0.5, 0.6) is 5.75 Å². The standard InChI is InChI=1S/C23H25FN2O3/c24-20-8-4-18(5-9-20)22(27)25-12-1-13-26(15-14-25)23(28)19-6-10-21(11-7-19)29-16-17-2-3-17/h4-11,17H,1-3,12-16H2. The van der Waals surface area contributed by atoms with Crippen LogP contribution < -0.4 is 4.74 Å². The molecular formula is C23H25FN2O3. The van der Waals surface area contributed by atoms with Gasteiger partial charge in [-0.25, -0.2) is 4.39 Å². The third-order valence-corrected chi connectivity index (χ3v) is 5.45. The fourth-order valence-electron chi connectivity index (χ4n) is 3.47. The Bertz CT molecular complexity index is 863. The minimum absolute atomic E-state index is 0.0326. The van der Waals surface area contributed by atoms with Gasteiger partial charge in [-0.05, 0) is 73.7 Å². The monoisotopic (exact) mass is 396 g/mol. The van der Waals surface area contributed by atoms with E-state index in [0.29, 0.717) is 49.6 Å². The van der Waals surface area contributed by atoms with E-state index in [-0.39, 0.29) is 17.6 Å². The number of hydrogen-bond donors (Lipinski definition) is 0. The molecule has 29 heavy (non-hydrogen) atoms. The Kier molecular flexibility index (Phi) is 5.79. The Morgan fingerprint density at radius 3 is 1.86 bits per heavy atom. The van der Waals surface area contributed by atoms with Crippen molar-refractivity contribution in [2.75, 3.05) is 32.8 Å². The van der Waals surface area contributed by atoms with Crippen LogP contribution in [-0.2, 0) is 0 Å². The number of ether oxygens (including phenoxy) is 1. The number of benzene rings is 2.